The van der Waals surface area contributed by atoms with E-state index in [1.165, 1.54) is 0 Å². The van der Waals surface area contributed by atoms with Gasteiger partial charge in [-0.25, -0.2) is 4.79 Å². The lowest BCUT2D eigenvalue weighted by molar-refractivity contribution is -0.143. The Morgan fingerprint density at radius 3 is 2.48 bits per heavy atom. The molecule has 3 N–H and O–H groups in total. The summed E-state index contributed by atoms with van der Waals surface area (Å²) in [4.78, 5) is 36.5. The molecular formula is C16H29N3O4. The van der Waals surface area contributed by atoms with Crippen LogP contribution in [0.2, 0.25) is 0 Å². The highest BCUT2D eigenvalue weighted by Gasteiger charge is 2.31. The van der Waals surface area contributed by atoms with E-state index in [1.54, 1.807) is 4.90 Å². The molecule has 0 aromatic heterocycles. The Labute approximate surface area is 137 Å². The fourth-order valence-electron chi connectivity index (χ4n) is 2.90. The summed E-state index contributed by atoms with van der Waals surface area (Å²) in [6, 6.07) is -0.265. The number of piperidine rings is 1. The lowest BCUT2D eigenvalue weighted by Crippen LogP contribution is -2.50. The maximum absolute atomic E-state index is 12.1. The van der Waals surface area contributed by atoms with E-state index < -0.39 is 11.9 Å². The molecule has 132 valence electrons. The smallest absolute Gasteiger partial charge is 0.317 e. The van der Waals surface area contributed by atoms with E-state index in [4.69, 9.17) is 5.11 Å². The number of carbonyl (C=O) groups is 3. The van der Waals surface area contributed by atoms with Crippen LogP contribution in [0.4, 0.5) is 4.79 Å². The molecular weight excluding hydrogens is 298 g/mol. The van der Waals surface area contributed by atoms with E-state index in [0.717, 1.165) is 12.8 Å². The number of carboxylic acid groups (broad SMARTS) is 1. The summed E-state index contributed by atoms with van der Waals surface area (Å²) in [6.07, 6.45) is 2.41. The molecule has 7 nitrogen and oxygen atoms in total. The molecule has 0 bridgehead atoms. The van der Waals surface area contributed by atoms with Gasteiger partial charge in [-0.15, -0.1) is 0 Å². The summed E-state index contributed by atoms with van der Waals surface area (Å²) >= 11 is 0. The third kappa shape index (κ3) is 6.46. The number of nitrogens with one attached hydrogen (secondary N) is 2. The first-order valence-electron chi connectivity index (χ1n) is 8.38. The Bertz CT molecular complexity index is 428. The van der Waals surface area contributed by atoms with E-state index in [-0.39, 0.29) is 30.3 Å². The van der Waals surface area contributed by atoms with E-state index in [0.29, 0.717) is 26.1 Å². The molecule has 0 saturated carbocycles. The van der Waals surface area contributed by atoms with Crippen molar-refractivity contribution in [1.82, 2.24) is 15.5 Å². The van der Waals surface area contributed by atoms with Gasteiger partial charge in [0.1, 0.15) is 0 Å². The van der Waals surface area contributed by atoms with Crippen molar-refractivity contribution in [2.75, 3.05) is 26.2 Å². The van der Waals surface area contributed by atoms with Crippen molar-refractivity contribution in [3.8, 4) is 0 Å². The highest BCUT2D eigenvalue weighted by Crippen LogP contribution is 2.21. The first-order chi connectivity index (χ1) is 10.8. The molecule has 1 aliphatic heterocycles. The summed E-state index contributed by atoms with van der Waals surface area (Å²) in [6.45, 7) is 7.40. The van der Waals surface area contributed by atoms with Crippen molar-refractivity contribution in [3.05, 3.63) is 0 Å². The van der Waals surface area contributed by atoms with Crippen LogP contribution in [-0.4, -0.2) is 54.1 Å². The number of aliphatic carboxylic acids is 1. The van der Waals surface area contributed by atoms with Gasteiger partial charge in [0.15, 0.2) is 0 Å². The van der Waals surface area contributed by atoms with Crippen LogP contribution >= 0.6 is 0 Å². The molecule has 0 aliphatic carbocycles. The third-order valence-electron chi connectivity index (χ3n) is 4.17. The molecule has 1 saturated heterocycles. The quantitative estimate of drug-likeness (QED) is 0.614. The molecule has 7 heteroatoms. The molecule has 3 amide bonds. The van der Waals surface area contributed by atoms with E-state index in [9.17, 15) is 14.4 Å². The zero-order chi connectivity index (χ0) is 17.4. The average Bonchev–Trinajstić information content (AvgIpc) is 2.50. The summed E-state index contributed by atoms with van der Waals surface area (Å²) in [5, 5.41) is 14.7. The Morgan fingerprint density at radius 1 is 1.22 bits per heavy atom. The summed E-state index contributed by atoms with van der Waals surface area (Å²) in [5.41, 5.74) is 0. The first kappa shape index (κ1) is 19.3. The van der Waals surface area contributed by atoms with Gasteiger partial charge in [-0.05, 0) is 18.8 Å². The second-order valence-electron chi connectivity index (χ2n) is 6.49. The molecule has 0 aromatic carbocycles. The lowest BCUT2D eigenvalue weighted by Gasteiger charge is -2.34. The summed E-state index contributed by atoms with van der Waals surface area (Å²) in [7, 11) is 0. The normalized spacial score (nSPS) is 22.3. The van der Waals surface area contributed by atoms with Crippen LogP contribution < -0.4 is 10.6 Å². The Kier molecular flexibility index (Phi) is 7.85. The van der Waals surface area contributed by atoms with Gasteiger partial charge in [0, 0.05) is 32.1 Å². The predicted octanol–water partition coefficient (Wildman–Crippen LogP) is 1.29. The van der Waals surface area contributed by atoms with E-state index in [1.807, 2.05) is 20.8 Å². The maximum atomic E-state index is 12.1. The fourth-order valence-corrected chi connectivity index (χ4v) is 2.90. The first-order valence-corrected chi connectivity index (χ1v) is 8.38. The van der Waals surface area contributed by atoms with Gasteiger partial charge >= 0.3 is 12.0 Å². The van der Waals surface area contributed by atoms with Gasteiger partial charge < -0.3 is 20.6 Å². The van der Waals surface area contributed by atoms with Crippen LogP contribution in [0.25, 0.3) is 0 Å². The van der Waals surface area contributed by atoms with Crippen molar-refractivity contribution < 1.29 is 19.5 Å². The minimum Gasteiger partial charge on any atom is -0.481 e. The van der Waals surface area contributed by atoms with Crippen molar-refractivity contribution in [2.24, 2.45) is 17.8 Å². The van der Waals surface area contributed by atoms with E-state index >= 15 is 0 Å². The van der Waals surface area contributed by atoms with E-state index in [2.05, 4.69) is 10.6 Å². The number of hydrogen-bond acceptors (Lipinski definition) is 3. The second kappa shape index (κ2) is 9.37. The summed E-state index contributed by atoms with van der Waals surface area (Å²) in [5.74, 6) is -1.20. The van der Waals surface area contributed by atoms with Crippen molar-refractivity contribution in [1.29, 1.82) is 0 Å². The molecule has 1 rings (SSSR count). The molecule has 1 heterocycles. The van der Waals surface area contributed by atoms with Crippen molar-refractivity contribution in [2.45, 2.75) is 40.0 Å². The number of rotatable bonds is 7. The molecule has 1 aliphatic rings. The zero-order valence-electron chi connectivity index (χ0n) is 14.3. The summed E-state index contributed by atoms with van der Waals surface area (Å²) < 4.78 is 0. The number of amides is 3. The van der Waals surface area contributed by atoms with Gasteiger partial charge in [0.05, 0.1) is 5.92 Å². The topological polar surface area (TPSA) is 98.7 Å². The van der Waals surface area contributed by atoms with Crippen LogP contribution in [-0.2, 0) is 9.59 Å². The third-order valence-corrected chi connectivity index (χ3v) is 4.17. The van der Waals surface area contributed by atoms with Crippen LogP contribution in [0, 0.1) is 17.8 Å². The predicted molar refractivity (Wildman–Crippen MR) is 87.0 cm³/mol. The molecule has 3 atom stereocenters. The van der Waals surface area contributed by atoms with Gasteiger partial charge in [-0.3, -0.25) is 9.59 Å². The number of likely N-dealkylation sites (tertiary alicyclic amines) is 1. The molecule has 0 aromatic rings. The van der Waals surface area contributed by atoms with Crippen molar-refractivity contribution in [3.63, 3.8) is 0 Å². The number of carboxylic acids is 1. The SMILES string of the molecule is CCCC(C)C(=O)NCCNC(=O)N1CC(C)CC(C(=O)O)C1. The monoisotopic (exact) mass is 327 g/mol. The second-order valence-corrected chi connectivity index (χ2v) is 6.49. The Morgan fingerprint density at radius 2 is 1.87 bits per heavy atom. The molecule has 23 heavy (non-hydrogen) atoms. The molecule has 3 unspecified atom stereocenters. The minimum absolute atomic E-state index is 0.00126. The standard InChI is InChI=1S/C16H29N3O4/c1-4-5-12(3)14(20)17-6-7-18-16(23)19-9-11(2)8-13(10-19)15(21)22/h11-13H,4-10H2,1-3H3,(H,17,20)(H,18,23)(H,21,22). The van der Waals surface area contributed by atoms with Crippen LogP contribution in [0.1, 0.15) is 40.0 Å². The van der Waals surface area contributed by atoms with Crippen LogP contribution in [0.15, 0.2) is 0 Å². The van der Waals surface area contributed by atoms with Gasteiger partial charge in [0.25, 0.3) is 0 Å². The lowest BCUT2D eigenvalue weighted by atomic mass is 9.91. The van der Waals surface area contributed by atoms with Crippen molar-refractivity contribution >= 4 is 17.9 Å². The largest absolute Gasteiger partial charge is 0.481 e. The molecule has 0 spiro atoms. The highest BCUT2D eigenvalue weighted by atomic mass is 16.4. The van der Waals surface area contributed by atoms with Gasteiger partial charge in [0.2, 0.25) is 5.91 Å². The number of urea groups is 1. The average molecular weight is 327 g/mol. The van der Waals surface area contributed by atoms with Gasteiger partial charge in [-0.1, -0.05) is 27.2 Å². The maximum Gasteiger partial charge on any atom is 0.317 e. The number of carbonyl (C=O) groups excluding carboxylic acids is 2. The van der Waals surface area contributed by atoms with Crippen LogP contribution in [0.5, 0.6) is 0 Å². The molecule has 1 fully saturated rings. The van der Waals surface area contributed by atoms with Gasteiger partial charge in [-0.2, -0.15) is 0 Å². The number of nitrogens with zero attached hydrogens (tertiary/aromatic N) is 1. The number of hydrogen-bond donors (Lipinski definition) is 3. The fraction of sp³-hybridized carbons (Fsp3) is 0.812. The minimum atomic E-state index is -0.855. The van der Waals surface area contributed by atoms with Crippen LogP contribution in [0.3, 0.4) is 0 Å². The zero-order valence-corrected chi connectivity index (χ0v) is 14.3. The highest BCUT2D eigenvalue weighted by molar-refractivity contribution is 5.78. The Hall–Kier alpha value is -1.79. The molecule has 0 radical (unpaired) electrons. The Balaban J connectivity index is 2.30.